The quantitative estimate of drug-likeness (QED) is 0.567. The average Bonchev–Trinajstić information content (AvgIpc) is 3.24. The third kappa shape index (κ3) is 5.59. The Morgan fingerprint density at radius 3 is 2.39 bits per heavy atom. The molecule has 0 saturated carbocycles. The highest BCUT2D eigenvalue weighted by atomic mass is 79.9. The minimum Gasteiger partial charge on any atom is -0.444 e. The van der Waals surface area contributed by atoms with Crippen LogP contribution in [0.5, 0.6) is 0 Å². The number of anilines is 1. The molecular formula is C24H35BrN6O5. The second-order valence-electron chi connectivity index (χ2n) is 11.6. The molecule has 1 N–H and O–H groups in total. The molecule has 0 aromatic carbocycles. The molecule has 0 radical (unpaired) electrons. The van der Waals surface area contributed by atoms with Crippen LogP contribution in [0.1, 0.15) is 61.3 Å². The SMILES string of the molecule is C[C@@H]1OCC2(CCN(c3cnc4c(Br)nn(C(=O)OC(C)(C)C)c4n3)CC2)[C@@H]1NC(=O)OC(C)(C)C. The van der Waals surface area contributed by atoms with E-state index in [1.807, 2.05) is 27.7 Å². The van der Waals surface area contributed by atoms with Crippen molar-refractivity contribution in [1.29, 1.82) is 0 Å². The zero-order valence-corrected chi connectivity index (χ0v) is 23.5. The maximum absolute atomic E-state index is 12.7. The Labute approximate surface area is 219 Å². The highest BCUT2D eigenvalue weighted by Gasteiger charge is 2.50. The fraction of sp³-hybridized carbons (Fsp3) is 0.708. The van der Waals surface area contributed by atoms with Gasteiger partial charge < -0.3 is 24.4 Å². The molecule has 11 nitrogen and oxygen atoms in total. The Hall–Kier alpha value is -2.47. The number of carbonyl (C=O) groups excluding carboxylic acids is 2. The number of nitrogens with one attached hydrogen (secondary N) is 1. The van der Waals surface area contributed by atoms with Crippen LogP contribution in [0.2, 0.25) is 0 Å². The number of aromatic nitrogens is 4. The standard InChI is InChI=1S/C24H35BrN6O5/c1-14-17(28-20(32)35-22(2,3)4)24(13-34-14)8-10-30(11-9-24)15-12-26-16-18(25)29-31(19(16)27-15)21(33)36-23(5,6)7/h12,14,17H,8-11,13H2,1-7H3,(H,28,32)/t14-,17+/m0/s1. The maximum atomic E-state index is 12.7. The summed E-state index contributed by atoms with van der Waals surface area (Å²) in [6.07, 6.45) is 2.13. The zero-order chi connectivity index (χ0) is 26.5. The summed E-state index contributed by atoms with van der Waals surface area (Å²) in [5, 5.41) is 7.30. The number of halogens is 1. The van der Waals surface area contributed by atoms with Gasteiger partial charge in [0.25, 0.3) is 0 Å². The van der Waals surface area contributed by atoms with Crippen LogP contribution in [-0.4, -0.2) is 75.0 Å². The number of piperidine rings is 1. The molecule has 2 aromatic rings. The lowest BCUT2D eigenvalue weighted by atomic mass is 9.73. The molecule has 0 bridgehead atoms. The van der Waals surface area contributed by atoms with Gasteiger partial charge in [-0.1, -0.05) is 0 Å². The van der Waals surface area contributed by atoms with E-state index < -0.39 is 23.4 Å². The first-order chi connectivity index (χ1) is 16.7. The molecule has 2 atom stereocenters. The smallest absolute Gasteiger partial charge is 0.437 e. The van der Waals surface area contributed by atoms with Crippen LogP contribution < -0.4 is 10.2 Å². The molecule has 4 rings (SSSR count). The van der Waals surface area contributed by atoms with E-state index in [-0.39, 0.29) is 17.6 Å². The van der Waals surface area contributed by atoms with Gasteiger partial charge in [0.1, 0.15) is 22.5 Å². The fourth-order valence-corrected chi connectivity index (χ4v) is 5.19. The molecule has 1 amide bonds. The van der Waals surface area contributed by atoms with E-state index in [4.69, 9.17) is 19.2 Å². The minimum atomic E-state index is -0.668. The zero-order valence-electron chi connectivity index (χ0n) is 21.9. The summed E-state index contributed by atoms with van der Waals surface area (Å²) in [7, 11) is 0. The predicted molar refractivity (Wildman–Crippen MR) is 137 cm³/mol. The summed E-state index contributed by atoms with van der Waals surface area (Å²) in [5.41, 5.74) is -0.611. The van der Waals surface area contributed by atoms with Crippen LogP contribution in [-0.2, 0) is 14.2 Å². The number of hydrogen-bond donors (Lipinski definition) is 1. The Kier molecular flexibility index (Phi) is 6.97. The number of nitrogens with zero attached hydrogens (tertiary/aromatic N) is 5. The Morgan fingerprint density at radius 2 is 1.78 bits per heavy atom. The number of rotatable bonds is 2. The van der Waals surface area contributed by atoms with Crippen molar-refractivity contribution in [1.82, 2.24) is 25.1 Å². The molecule has 2 aliphatic heterocycles. The van der Waals surface area contributed by atoms with Crippen molar-refractivity contribution >= 4 is 45.1 Å². The molecule has 12 heteroatoms. The van der Waals surface area contributed by atoms with E-state index in [1.54, 1.807) is 27.0 Å². The summed E-state index contributed by atoms with van der Waals surface area (Å²) < 4.78 is 18.5. The number of amides is 1. The minimum absolute atomic E-state index is 0.110. The molecule has 36 heavy (non-hydrogen) atoms. The molecular weight excluding hydrogens is 532 g/mol. The highest BCUT2D eigenvalue weighted by Crippen LogP contribution is 2.43. The Bertz CT molecular complexity index is 1150. The van der Waals surface area contributed by atoms with Crippen molar-refractivity contribution in [3.63, 3.8) is 0 Å². The van der Waals surface area contributed by atoms with Gasteiger partial charge in [0.05, 0.1) is 24.9 Å². The van der Waals surface area contributed by atoms with Gasteiger partial charge in [0, 0.05) is 18.5 Å². The Balaban J connectivity index is 1.51. The van der Waals surface area contributed by atoms with Crippen LogP contribution in [0.4, 0.5) is 15.4 Å². The van der Waals surface area contributed by atoms with E-state index in [1.165, 1.54) is 0 Å². The second-order valence-corrected chi connectivity index (χ2v) is 12.3. The van der Waals surface area contributed by atoms with Crippen LogP contribution >= 0.6 is 15.9 Å². The third-order valence-electron chi connectivity index (χ3n) is 6.41. The lowest BCUT2D eigenvalue weighted by Gasteiger charge is -2.42. The molecule has 0 unspecified atom stereocenters. The maximum Gasteiger partial charge on any atom is 0.437 e. The van der Waals surface area contributed by atoms with E-state index in [0.717, 1.165) is 17.5 Å². The lowest BCUT2D eigenvalue weighted by molar-refractivity contribution is 0.0432. The first-order valence-electron chi connectivity index (χ1n) is 12.2. The summed E-state index contributed by atoms with van der Waals surface area (Å²) in [4.78, 5) is 36.6. The molecule has 4 heterocycles. The van der Waals surface area contributed by atoms with Crippen molar-refractivity contribution in [3.05, 3.63) is 10.8 Å². The normalized spacial score (nSPS) is 22.2. The van der Waals surface area contributed by atoms with Crippen molar-refractivity contribution < 1.29 is 23.8 Å². The van der Waals surface area contributed by atoms with Gasteiger partial charge in [-0.05, 0) is 77.2 Å². The molecule has 0 aliphatic carbocycles. The summed E-state index contributed by atoms with van der Waals surface area (Å²) in [6, 6.07) is -0.146. The predicted octanol–water partition coefficient (Wildman–Crippen LogP) is 4.27. The van der Waals surface area contributed by atoms with Crippen LogP contribution in [0.3, 0.4) is 0 Å². The summed E-state index contributed by atoms with van der Waals surface area (Å²) in [5.74, 6) is 0.651. The molecule has 2 aliphatic rings. The van der Waals surface area contributed by atoms with Gasteiger partial charge in [0.2, 0.25) is 0 Å². The van der Waals surface area contributed by atoms with Crippen LogP contribution in [0, 0.1) is 5.41 Å². The number of carbonyl (C=O) groups is 2. The fourth-order valence-electron chi connectivity index (χ4n) is 4.75. The highest BCUT2D eigenvalue weighted by molar-refractivity contribution is 9.10. The average molecular weight is 567 g/mol. The largest absolute Gasteiger partial charge is 0.444 e. The van der Waals surface area contributed by atoms with Crippen molar-refractivity contribution in [2.45, 2.75) is 84.7 Å². The van der Waals surface area contributed by atoms with Gasteiger partial charge in [-0.2, -0.15) is 5.10 Å². The molecule has 1 spiro atoms. The molecule has 2 aromatic heterocycles. The van der Waals surface area contributed by atoms with E-state index in [2.05, 4.69) is 36.2 Å². The number of hydrogen-bond acceptors (Lipinski definition) is 9. The van der Waals surface area contributed by atoms with Gasteiger partial charge in [-0.3, -0.25) is 0 Å². The van der Waals surface area contributed by atoms with Gasteiger partial charge >= 0.3 is 12.2 Å². The van der Waals surface area contributed by atoms with Gasteiger partial charge in [-0.25, -0.2) is 19.6 Å². The summed E-state index contributed by atoms with van der Waals surface area (Å²) in [6.45, 7) is 14.9. The third-order valence-corrected chi connectivity index (χ3v) is 6.94. The first-order valence-corrected chi connectivity index (χ1v) is 13.0. The van der Waals surface area contributed by atoms with E-state index >= 15 is 0 Å². The second kappa shape index (κ2) is 9.44. The molecule has 198 valence electrons. The Morgan fingerprint density at radius 1 is 1.14 bits per heavy atom. The van der Waals surface area contributed by atoms with Crippen molar-refractivity contribution in [2.75, 3.05) is 24.6 Å². The van der Waals surface area contributed by atoms with Gasteiger partial charge in [-0.15, -0.1) is 4.68 Å². The van der Waals surface area contributed by atoms with E-state index in [9.17, 15) is 9.59 Å². The lowest BCUT2D eigenvalue weighted by Crippen LogP contribution is -2.55. The number of alkyl carbamates (subject to hydrolysis) is 1. The monoisotopic (exact) mass is 566 g/mol. The van der Waals surface area contributed by atoms with Crippen molar-refractivity contribution in [2.24, 2.45) is 5.41 Å². The number of fused-ring (bicyclic) bond motifs is 1. The van der Waals surface area contributed by atoms with Crippen LogP contribution in [0.25, 0.3) is 11.2 Å². The first kappa shape index (κ1) is 26.6. The molecule has 2 fully saturated rings. The number of ether oxygens (including phenoxy) is 3. The van der Waals surface area contributed by atoms with Crippen LogP contribution in [0.15, 0.2) is 10.8 Å². The van der Waals surface area contributed by atoms with Gasteiger partial charge in [0.15, 0.2) is 10.3 Å². The molecule has 2 saturated heterocycles. The topological polar surface area (TPSA) is 121 Å². The van der Waals surface area contributed by atoms with E-state index in [0.29, 0.717) is 41.3 Å². The summed E-state index contributed by atoms with van der Waals surface area (Å²) >= 11 is 3.36. The van der Waals surface area contributed by atoms with Crippen molar-refractivity contribution in [3.8, 4) is 0 Å².